The summed E-state index contributed by atoms with van der Waals surface area (Å²) in [7, 11) is 3.06. The van der Waals surface area contributed by atoms with Crippen LogP contribution in [0.5, 0.6) is 0 Å². The summed E-state index contributed by atoms with van der Waals surface area (Å²) >= 11 is 0. The Morgan fingerprint density at radius 2 is 2.21 bits per heavy atom. The monoisotopic (exact) mass is 263 g/mol. The van der Waals surface area contributed by atoms with E-state index in [1.165, 1.54) is 25.5 Å². The third-order valence-electron chi connectivity index (χ3n) is 3.38. The van der Waals surface area contributed by atoms with Gasteiger partial charge in [-0.15, -0.1) is 0 Å². The number of hydrogen-bond acceptors (Lipinski definition) is 4. The fourth-order valence-corrected chi connectivity index (χ4v) is 2.17. The van der Waals surface area contributed by atoms with E-state index in [9.17, 15) is 4.79 Å². The molecule has 1 aliphatic carbocycles. The van der Waals surface area contributed by atoms with Crippen LogP contribution >= 0.6 is 0 Å². The second-order valence-corrected chi connectivity index (χ2v) is 4.85. The summed E-state index contributed by atoms with van der Waals surface area (Å²) in [6.07, 6.45) is 2.51. The first-order valence-electron chi connectivity index (χ1n) is 6.66. The van der Waals surface area contributed by atoms with Gasteiger partial charge in [-0.3, -0.25) is 5.32 Å². The van der Waals surface area contributed by atoms with Crippen LogP contribution < -0.4 is 5.32 Å². The summed E-state index contributed by atoms with van der Waals surface area (Å²) < 4.78 is 9.87. The Balaban J connectivity index is 2.11. The van der Waals surface area contributed by atoms with Crippen molar-refractivity contribution in [3.8, 4) is 0 Å². The topological polar surface area (TPSA) is 47.6 Å². The number of methoxy groups -OCH3 is 2. The molecule has 0 aromatic heterocycles. The molecule has 0 spiro atoms. The van der Waals surface area contributed by atoms with E-state index in [0.717, 1.165) is 5.56 Å². The molecule has 0 bridgehead atoms. The van der Waals surface area contributed by atoms with Gasteiger partial charge in [-0.25, -0.2) is 4.79 Å². The molecule has 0 radical (unpaired) electrons. The lowest BCUT2D eigenvalue weighted by Crippen LogP contribution is -2.32. The second kappa shape index (κ2) is 6.68. The summed E-state index contributed by atoms with van der Waals surface area (Å²) in [5.74, 6) is 0.418. The van der Waals surface area contributed by atoms with E-state index >= 15 is 0 Å². The molecule has 1 aromatic rings. The molecule has 1 aliphatic rings. The first-order chi connectivity index (χ1) is 9.26. The summed E-state index contributed by atoms with van der Waals surface area (Å²) in [5, 5.41) is 3.17. The number of ether oxygens (including phenoxy) is 2. The van der Waals surface area contributed by atoms with Crippen LogP contribution in [0.1, 0.15) is 35.9 Å². The zero-order chi connectivity index (χ0) is 13.7. The van der Waals surface area contributed by atoms with Crippen molar-refractivity contribution >= 4 is 5.97 Å². The van der Waals surface area contributed by atoms with Crippen molar-refractivity contribution in [1.82, 2.24) is 5.32 Å². The van der Waals surface area contributed by atoms with Gasteiger partial charge < -0.3 is 9.47 Å². The van der Waals surface area contributed by atoms with Gasteiger partial charge in [0.25, 0.3) is 0 Å². The number of hydrogen-bond donors (Lipinski definition) is 1. The maximum atomic E-state index is 11.9. The first-order valence-corrected chi connectivity index (χ1v) is 6.66. The Bertz CT molecular complexity index is 429. The van der Waals surface area contributed by atoms with E-state index < -0.39 is 6.04 Å². The molecule has 1 atom stereocenters. The van der Waals surface area contributed by atoms with Crippen molar-refractivity contribution in [2.75, 3.05) is 27.4 Å². The Morgan fingerprint density at radius 3 is 2.84 bits per heavy atom. The van der Waals surface area contributed by atoms with Crippen LogP contribution in [0.25, 0.3) is 0 Å². The Morgan fingerprint density at radius 1 is 1.42 bits per heavy atom. The lowest BCUT2D eigenvalue weighted by atomic mass is 10.0. The molecule has 0 heterocycles. The van der Waals surface area contributed by atoms with Crippen molar-refractivity contribution in [1.29, 1.82) is 0 Å². The van der Waals surface area contributed by atoms with Gasteiger partial charge >= 0.3 is 5.97 Å². The normalized spacial score (nSPS) is 16.1. The highest BCUT2D eigenvalue weighted by atomic mass is 16.5. The SMILES string of the molecule is COCCNC(C(=O)OC)c1cccc(C2CC2)c1. The zero-order valence-electron chi connectivity index (χ0n) is 11.5. The largest absolute Gasteiger partial charge is 0.468 e. The predicted octanol–water partition coefficient (Wildman–Crippen LogP) is 2.01. The first kappa shape index (κ1) is 14.0. The van der Waals surface area contributed by atoms with Crippen molar-refractivity contribution in [2.45, 2.75) is 24.8 Å². The van der Waals surface area contributed by atoms with Gasteiger partial charge in [0, 0.05) is 13.7 Å². The molecule has 4 nitrogen and oxygen atoms in total. The molecule has 0 amide bonds. The summed E-state index contributed by atoms with van der Waals surface area (Å²) in [6.45, 7) is 1.18. The molecule has 4 heteroatoms. The van der Waals surface area contributed by atoms with E-state index in [0.29, 0.717) is 19.1 Å². The highest BCUT2D eigenvalue weighted by Crippen LogP contribution is 2.40. The minimum absolute atomic E-state index is 0.260. The maximum Gasteiger partial charge on any atom is 0.327 e. The van der Waals surface area contributed by atoms with Crippen LogP contribution in [0.3, 0.4) is 0 Å². The fourth-order valence-electron chi connectivity index (χ4n) is 2.17. The van der Waals surface area contributed by atoms with Crippen LogP contribution in [0.15, 0.2) is 24.3 Å². The second-order valence-electron chi connectivity index (χ2n) is 4.85. The summed E-state index contributed by atoms with van der Waals surface area (Å²) in [6, 6.07) is 7.80. The number of rotatable bonds is 7. The lowest BCUT2D eigenvalue weighted by Gasteiger charge is -2.17. The standard InChI is InChI=1S/C15H21NO3/c1-18-9-8-16-14(15(17)19-2)13-5-3-4-12(10-13)11-6-7-11/h3-5,10-11,14,16H,6-9H2,1-2H3. The third-order valence-corrected chi connectivity index (χ3v) is 3.38. The molecular formula is C15H21NO3. The minimum Gasteiger partial charge on any atom is -0.468 e. The predicted molar refractivity (Wildman–Crippen MR) is 73.1 cm³/mol. The number of carbonyl (C=O) groups excluding carboxylic acids is 1. The van der Waals surface area contributed by atoms with E-state index in [4.69, 9.17) is 9.47 Å². The van der Waals surface area contributed by atoms with Crippen molar-refractivity contribution < 1.29 is 14.3 Å². The minimum atomic E-state index is -0.418. The average Bonchev–Trinajstić information content (AvgIpc) is 3.27. The van der Waals surface area contributed by atoms with Crippen LogP contribution in [0.4, 0.5) is 0 Å². The molecule has 1 fully saturated rings. The highest BCUT2D eigenvalue weighted by Gasteiger charge is 2.26. The van der Waals surface area contributed by atoms with E-state index in [2.05, 4.69) is 17.4 Å². The van der Waals surface area contributed by atoms with Gasteiger partial charge in [0.05, 0.1) is 13.7 Å². The highest BCUT2D eigenvalue weighted by molar-refractivity contribution is 5.77. The molecule has 0 aliphatic heterocycles. The number of nitrogens with one attached hydrogen (secondary N) is 1. The van der Waals surface area contributed by atoms with Crippen LogP contribution in [0, 0.1) is 0 Å². The molecule has 1 saturated carbocycles. The van der Waals surface area contributed by atoms with Crippen LogP contribution in [-0.2, 0) is 14.3 Å². The number of esters is 1. The number of benzene rings is 1. The van der Waals surface area contributed by atoms with Crippen LogP contribution in [0.2, 0.25) is 0 Å². The van der Waals surface area contributed by atoms with Gasteiger partial charge in [0.15, 0.2) is 0 Å². The third kappa shape index (κ3) is 3.78. The van der Waals surface area contributed by atoms with Gasteiger partial charge in [-0.05, 0) is 29.9 Å². The molecule has 104 valence electrons. The summed E-state index contributed by atoms with van der Waals surface area (Å²) in [5.41, 5.74) is 2.28. The molecular weight excluding hydrogens is 242 g/mol. The lowest BCUT2D eigenvalue weighted by molar-refractivity contribution is -0.143. The van der Waals surface area contributed by atoms with Gasteiger partial charge in [0.1, 0.15) is 6.04 Å². The van der Waals surface area contributed by atoms with E-state index in [1.807, 2.05) is 12.1 Å². The average molecular weight is 263 g/mol. The fraction of sp³-hybridized carbons (Fsp3) is 0.533. The molecule has 1 aromatic carbocycles. The Kier molecular flexibility index (Phi) is 4.93. The van der Waals surface area contributed by atoms with Crippen molar-refractivity contribution in [2.24, 2.45) is 0 Å². The van der Waals surface area contributed by atoms with Crippen LogP contribution in [-0.4, -0.2) is 33.3 Å². The molecule has 19 heavy (non-hydrogen) atoms. The zero-order valence-corrected chi connectivity index (χ0v) is 11.5. The van der Waals surface area contributed by atoms with Crippen molar-refractivity contribution in [3.05, 3.63) is 35.4 Å². The van der Waals surface area contributed by atoms with Gasteiger partial charge in [-0.2, -0.15) is 0 Å². The smallest absolute Gasteiger partial charge is 0.327 e. The molecule has 1 N–H and O–H groups in total. The van der Waals surface area contributed by atoms with E-state index in [1.54, 1.807) is 7.11 Å². The van der Waals surface area contributed by atoms with Gasteiger partial charge in [-0.1, -0.05) is 24.3 Å². The molecule has 0 saturated heterocycles. The van der Waals surface area contributed by atoms with Gasteiger partial charge in [0.2, 0.25) is 0 Å². The molecule has 2 rings (SSSR count). The molecule has 1 unspecified atom stereocenters. The Labute approximate surface area is 114 Å². The van der Waals surface area contributed by atoms with E-state index in [-0.39, 0.29) is 5.97 Å². The number of carbonyl (C=O) groups is 1. The summed E-state index contributed by atoms with van der Waals surface area (Å²) in [4.78, 5) is 11.9. The Hall–Kier alpha value is -1.39. The quantitative estimate of drug-likeness (QED) is 0.604. The van der Waals surface area contributed by atoms with Crippen molar-refractivity contribution in [3.63, 3.8) is 0 Å². The maximum absolute atomic E-state index is 11.9.